The molecule has 0 amide bonds. The van der Waals surface area contributed by atoms with E-state index in [1.165, 1.54) is 6.08 Å². The lowest BCUT2D eigenvalue weighted by Gasteiger charge is -2.04. The average molecular weight is 241 g/mol. The van der Waals surface area contributed by atoms with Gasteiger partial charge in [0.2, 0.25) is 0 Å². The van der Waals surface area contributed by atoms with Gasteiger partial charge < -0.3 is 10.5 Å². The third-order valence-corrected chi connectivity index (χ3v) is 2.12. The van der Waals surface area contributed by atoms with E-state index in [1.807, 2.05) is 0 Å². The van der Waals surface area contributed by atoms with Crippen molar-refractivity contribution in [2.45, 2.75) is 13.8 Å². The van der Waals surface area contributed by atoms with Crippen molar-refractivity contribution in [3.63, 3.8) is 0 Å². The normalized spacial score (nSPS) is 10.7. The highest BCUT2D eigenvalue weighted by Gasteiger charge is 2.04. The number of pyridine rings is 1. The molecule has 1 heterocycles. The molecule has 0 atom stereocenters. The van der Waals surface area contributed by atoms with E-state index < -0.39 is 5.97 Å². The fraction of sp³-hybridized carbons (Fsp3) is 0.273. The van der Waals surface area contributed by atoms with Gasteiger partial charge in [-0.25, -0.2) is 9.78 Å². The number of rotatable bonds is 3. The molecule has 0 unspecified atom stereocenters. The second-order valence-corrected chi connectivity index (χ2v) is 3.51. The minimum absolute atomic E-state index is 0.336. The standard InChI is InChI=1S/C11H13ClN2O2/c1-3-16-11(15)5-4-8-7(2)14-10(12)6-9(8)13/h4-6H,3H2,1-2H3,(H2,13,14)/b5-4+. The molecule has 1 aromatic heterocycles. The number of anilines is 1. The van der Waals surface area contributed by atoms with Crippen LogP contribution in [0.3, 0.4) is 0 Å². The van der Waals surface area contributed by atoms with Gasteiger partial charge in [0.1, 0.15) is 5.15 Å². The van der Waals surface area contributed by atoms with Gasteiger partial charge in [0, 0.05) is 23.0 Å². The van der Waals surface area contributed by atoms with Crippen molar-refractivity contribution in [1.82, 2.24) is 4.98 Å². The predicted octanol–water partition coefficient (Wildman–Crippen LogP) is 2.20. The van der Waals surface area contributed by atoms with Crippen molar-refractivity contribution in [3.05, 3.63) is 28.6 Å². The summed E-state index contributed by atoms with van der Waals surface area (Å²) in [6.45, 7) is 3.86. The molecule has 16 heavy (non-hydrogen) atoms. The summed E-state index contributed by atoms with van der Waals surface area (Å²) in [6.07, 6.45) is 2.89. The van der Waals surface area contributed by atoms with Crippen molar-refractivity contribution >= 4 is 29.3 Å². The Labute approximate surface area is 99.1 Å². The van der Waals surface area contributed by atoms with E-state index in [-0.39, 0.29) is 0 Å². The molecule has 0 saturated heterocycles. The molecule has 5 heteroatoms. The summed E-state index contributed by atoms with van der Waals surface area (Å²) in [7, 11) is 0. The molecule has 0 saturated carbocycles. The molecule has 0 aliphatic heterocycles. The lowest BCUT2D eigenvalue weighted by molar-refractivity contribution is -0.137. The van der Waals surface area contributed by atoms with E-state index >= 15 is 0 Å². The van der Waals surface area contributed by atoms with Crippen LogP contribution >= 0.6 is 11.6 Å². The first-order chi connectivity index (χ1) is 7.54. The SMILES string of the molecule is CCOC(=O)/C=C/c1c(N)cc(Cl)nc1C. The zero-order valence-corrected chi connectivity index (χ0v) is 9.91. The number of nitrogen functional groups attached to an aromatic ring is 1. The van der Waals surface area contributed by atoms with Crippen LogP contribution in [0.4, 0.5) is 5.69 Å². The highest BCUT2D eigenvalue weighted by atomic mass is 35.5. The summed E-state index contributed by atoms with van der Waals surface area (Å²) in [5, 5.41) is 0.336. The summed E-state index contributed by atoms with van der Waals surface area (Å²) in [6, 6.07) is 1.54. The van der Waals surface area contributed by atoms with Crippen LogP contribution in [0.15, 0.2) is 12.1 Å². The molecule has 0 aliphatic rings. The van der Waals surface area contributed by atoms with Gasteiger partial charge in [0.25, 0.3) is 0 Å². The van der Waals surface area contributed by atoms with E-state index in [2.05, 4.69) is 4.98 Å². The number of halogens is 1. The van der Waals surface area contributed by atoms with E-state index in [9.17, 15) is 4.79 Å². The minimum Gasteiger partial charge on any atom is -0.463 e. The first-order valence-electron chi connectivity index (χ1n) is 4.82. The Bertz CT molecular complexity index is 407. The maximum atomic E-state index is 11.1. The molecular formula is C11H13ClN2O2. The van der Waals surface area contributed by atoms with E-state index in [4.69, 9.17) is 22.1 Å². The van der Waals surface area contributed by atoms with Gasteiger partial charge in [-0.1, -0.05) is 11.6 Å². The molecule has 2 N–H and O–H groups in total. The minimum atomic E-state index is -0.406. The van der Waals surface area contributed by atoms with Crippen LogP contribution < -0.4 is 5.73 Å². The van der Waals surface area contributed by atoms with Crippen LogP contribution in [0, 0.1) is 6.92 Å². The van der Waals surface area contributed by atoms with E-state index in [1.54, 1.807) is 26.0 Å². The van der Waals surface area contributed by atoms with Crippen LogP contribution in [-0.2, 0) is 9.53 Å². The third-order valence-electron chi connectivity index (χ3n) is 1.92. The number of ether oxygens (including phenoxy) is 1. The van der Waals surface area contributed by atoms with E-state index in [0.29, 0.717) is 28.7 Å². The summed E-state index contributed by atoms with van der Waals surface area (Å²) in [5.41, 5.74) is 7.59. The Balaban J connectivity index is 2.93. The number of hydrogen-bond donors (Lipinski definition) is 1. The van der Waals surface area contributed by atoms with Gasteiger partial charge in [0.05, 0.1) is 6.61 Å². The molecule has 1 rings (SSSR count). The third kappa shape index (κ3) is 3.24. The number of hydrogen-bond acceptors (Lipinski definition) is 4. The molecule has 1 aromatic rings. The molecular weight excluding hydrogens is 228 g/mol. The summed E-state index contributed by atoms with van der Waals surface area (Å²) in [4.78, 5) is 15.1. The highest BCUT2D eigenvalue weighted by Crippen LogP contribution is 2.20. The lowest BCUT2D eigenvalue weighted by Crippen LogP contribution is -2.00. The molecule has 0 radical (unpaired) electrons. The number of nitrogens with zero attached hydrogens (tertiary/aromatic N) is 1. The van der Waals surface area contributed by atoms with Gasteiger partial charge >= 0.3 is 5.97 Å². The number of carbonyl (C=O) groups excluding carboxylic acids is 1. The second kappa shape index (κ2) is 5.51. The predicted molar refractivity (Wildman–Crippen MR) is 64.1 cm³/mol. The number of esters is 1. The number of aryl methyl sites for hydroxylation is 1. The average Bonchev–Trinajstić information content (AvgIpc) is 2.16. The molecule has 0 spiro atoms. The highest BCUT2D eigenvalue weighted by molar-refractivity contribution is 6.29. The van der Waals surface area contributed by atoms with Gasteiger partial charge in [0.15, 0.2) is 0 Å². The van der Waals surface area contributed by atoms with Gasteiger partial charge in [-0.2, -0.15) is 0 Å². The van der Waals surface area contributed by atoms with Crippen molar-refractivity contribution in [1.29, 1.82) is 0 Å². The summed E-state index contributed by atoms with van der Waals surface area (Å²) >= 11 is 5.73. The van der Waals surface area contributed by atoms with Crippen molar-refractivity contribution in [3.8, 4) is 0 Å². The summed E-state index contributed by atoms with van der Waals surface area (Å²) in [5.74, 6) is -0.406. The zero-order chi connectivity index (χ0) is 12.1. The van der Waals surface area contributed by atoms with Crippen LogP contribution in [-0.4, -0.2) is 17.6 Å². The molecule has 4 nitrogen and oxygen atoms in total. The number of aromatic nitrogens is 1. The van der Waals surface area contributed by atoms with Crippen LogP contribution in [0.2, 0.25) is 5.15 Å². The van der Waals surface area contributed by atoms with Gasteiger partial charge in [-0.3, -0.25) is 0 Å². The van der Waals surface area contributed by atoms with Crippen molar-refractivity contribution < 1.29 is 9.53 Å². The van der Waals surface area contributed by atoms with Crippen molar-refractivity contribution in [2.24, 2.45) is 0 Å². The largest absolute Gasteiger partial charge is 0.463 e. The monoisotopic (exact) mass is 240 g/mol. The zero-order valence-electron chi connectivity index (χ0n) is 9.16. The van der Waals surface area contributed by atoms with Crippen LogP contribution in [0.5, 0.6) is 0 Å². The molecule has 86 valence electrons. The van der Waals surface area contributed by atoms with Gasteiger partial charge in [-0.05, 0) is 26.0 Å². The molecule has 0 bridgehead atoms. The molecule has 0 aliphatic carbocycles. The van der Waals surface area contributed by atoms with Crippen LogP contribution in [0.25, 0.3) is 6.08 Å². The first-order valence-corrected chi connectivity index (χ1v) is 5.19. The Hall–Kier alpha value is -1.55. The maximum absolute atomic E-state index is 11.1. The first kappa shape index (κ1) is 12.5. The Kier molecular flexibility index (Phi) is 4.31. The smallest absolute Gasteiger partial charge is 0.330 e. The Morgan fingerprint density at radius 1 is 1.69 bits per heavy atom. The van der Waals surface area contributed by atoms with Gasteiger partial charge in [-0.15, -0.1) is 0 Å². The van der Waals surface area contributed by atoms with Crippen molar-refractivity contribution in [2.75, 3.05) is 12.3 Å². The topological polar surface area (TPSA) is 65.2 Å². The Morgan fingerprint density at radius 3 is 2.94 bits per heavy atom. The van der Waals surface area contributed by atoms with E-state index in [0.717, 1.165) is 0 Å². The molecule has 0 fully saturated rings. The number of nitrogens with two attached hydrogens (primary N) is 1. The second-order valence-electron chi connectivity index (χ2n) is 3.12. The summed E-state index contributed by atoms with van der Waals surface area (Å²) < 4.78 is 4.75. The maximum Gasteiger partial charge on any atom is 0.330 e. The van der Waals surface area contributed by atoms with Crippen LogP contribution in [0.1, 0.15) is 18.2 Å². The Morgan fingerprint density at radius 2 is 2.38 bits per heavy atom. The molecule has 0 aromatic carbocycles. The number of carbonyl (C=O) groups is 1. The fourth-order valence-corrected chi connectivity index (χ4v) is 1.47. The quantitative estimate of drug-likeness (QED) is 0.500. The fourth-order valence-electron chi connectivity index (χ4n) is 1.23. The lowest BCUT2D eigenvalue weighted by atomic mass is 10.1.